The number of hydrogen-bond acceptors (Lipinski definition) is 6. The van der Waals surface area contributed by atoms with E-state index in [4.69, 9.17) is 11.6 Å². The lowest BCUT2D eigenvalue weighted by Gasteiger charge is -2.23. The Balaban J connectivity index is 1.59. The van der Waals surface area contributed by atoms with Crippen LogP contribution in [0.4, 0.5) is 20.2 Å². The maximum absolute atomic E-state index is 14.3. The second-order valence-electron chi connectivity index (χ2n) is 11.1. The van der Waals surface area contributed by atoms with Crippen molar-refractivity contribution < 1.29 is 8.78 Å². The molecule has 5 rings (SSSR count). The number of anilines is 2. The Labute approximate surface area is 255 Å². The molecule has 42 heavy (non-hydrogen) atoms. The van der Waals surface area contributed by atoms with Crippen LogP contribution in [0, 0.1) is 28.4 Å². The van der Waals surface area contributed by atoms with E-state index in [2.05, 4.69) is 68.7 Å². The number of nitrogens with zero attached hydrogens (tertiary/aromatic N) is 5. The number of aromatic nitrogens is 4. The van der Waals surface area contributed by atoms with Crippen LogP contribution in [0.15, 0.2) is 71.5 Å². The average molecular weight is 651 g/mol. The van der Waals surface area contributed by atoms with Crippen molar-refractivity contribution in [2.24, 2.45) is 5.41 Å². The molecule has 0 spiro atoms. The van der Waals surface area contributed by atoms with Crippen molar-refractivity contribution in [2.45, 2.75) is 33.4 Å². The Morgan fingerprint density at radius 2 is 1.83 bits per heavy atom. The van der Waals surface area contributed by atoms with E-state index in [1.54, 1.807) is 18.5 Å². The summed E-state index contributed by atoms with van der Waals surface area (Å²) in [7, 11) is 0. The number of fused-ring (bicyclic) bond motifs is 1. The van der Waals surface area contributed by atoms with Gasteiger partial charge in [0.25, 0.3) is 0 Å². The van der Waals surface area contributed by atoms with E-state index in [9.17, 15) is 14.0 Å². The van der Waals surface area contributed by atoms with Gasteiger partial charge in [-0.25, -0.2) is 13.5 Å². The van der Waals surface area contributed by atoms with Crippen LogP contribution in [0.2, 0.25) is 5.02 Å². The van der Waals surface area contributed by atoms with Crippen LogP contribution < -0.4 is 10.6 Å². The molecule has 2 aromatic heterocycles. The molecule has 0 amide bonds. The van der Waals surface area contributed by atoms with Gasteiger partial charge in [0.05, 0.1) is 41.2 Å². The highest BCUT2D eigenvalue weighted by Gasteiger charge is 2.24. The monoisotopic (exact) mass is 649 g/mol. The van der Waals surface area contributed by atoms with Gasteiger partial charge in [0, 0.05) is 33.2 Å². The van der Waals surface area contributed by atoms with Crippen LogP contribution in [-0.4, -0.2) is 26.5 Å². The number of pyridine rings is 1. The quantitative estimate of drug-likeness (QED) is 0.176. The minimum atomic E-state index is -0.660. The first-order chi connectivity index (χ1) is 20.0. The molecular formula is C31H27BrClF2N7. The highest BCUT2D eigenvalue weighted by Crippen LogP contribution is 2.38. The van der Waals surface area contributed by atoms with Crippen molar-refractivity contribution >= 4 is 49.8 Å². The molecule has 0 aliphatic carbocycles. The van der Waals surface area contributed by atoms with E-state index in [0.29, 0.717) is 39.7 Å². The van der Waals surface area contributed by atoms with Crippen LogP contribution in [0.25, 0.3) is 10.9 Å². The zero-order valence-corrected chi connectivity index (χ0v) is 25.4. The first-order valence-corrected chi connectivity index (χ1v) is 14.3. The third-order valence-corrected chi connectivity index (χ3v) is 7.40. The molecule has 2 N–H and O–H groups in total. The Morgan fingerprint density at radius 3 is 2.52 bits per heavy atom. The molecule has 0 saturated heterocycles. The number of benzene rings is 3. The fourth-order valence-corrected chi connectivity index (χ4v) is 5.25. The zero-order valence-electron chi connectivity index (χ0n) is 23.1. The molecule has 214 valence electrons. The Hall–Kier alpha value is -4.07. The fraction of sp³-hybridized carbons (Fsp3) is 0.226. The number of hydrogen-bond donors (Lipinski definition) is 2. The fourth-order valence-electron chi connectivity index (χ4n) is 4.55. The zero-order chi connectivity index (χ0) is 30.0. The van der Waals surface area contributed by atoms with Crippen LogP contribution in [0.1, 0.15) is 49.2 Å². The van der Waals surface area contributed by atoms with Gasteiger partial charge in [0.15, 0.2) is 0 Å². The van der Waals surface area contributed by atoms with Gasteiger partial charge in [0.2, 0.25) is 0 Å². The average Bonchev–Trinajstić information content (AvgIpc) is 3.40. The summed E-state index contributed by atoms with van der Waals surface area (Å²) in [5.41, 5.74) is 3.47. The van der Waals surface area contributed by atoms with E-state index in [0.717, 1.165) is 15.4 Å². The number of nitrogens with one attached hydrogen (secondary N) is 2. The third kappa shape index (κ3) is 6.37. The van der Waals surface area contributed by atoms with Crippen LogP contribution >= 0.6 is 27.5 Å². The molecular weight excluding hydrogens is 624 g/mol. The van der Waals surface area contributed by atoms with Gasteiger partial charge >= 0.3 is 0 Å². The maximum atomic E-state index is 14.3. The van der Waals surface area contributed by atoms with E-state index < -0.39 is 17.7 Å². The summed E-state index contributed by atoms with van der Waals surface area (Å²) in [6.07, 6.45) is 3.18. The second kappa shape index (κ2) is 12.0. The van der Waals surface area contributed by atoms with Crippen LogP contribution in [-0.2, 0) is 6.54 Å². The molecule has 0 bridgehead atoms. The Morgan fingerprint density at radius 1 is 1.10 bits per heavy atom. The van der Waals surface area contributed by atoms with E-state index in [1.807, 2.05) is 30.3 Å². The second-order valence-corrected chi connectivity index (χ2v) is 12.4. The van der Waals surface area contributed by atoms with Crippen molar-refractivity contribution in [3.05, 3.63) is 111 Å². The summed E-state index contributed by atoms with van der Waals surface area (Å²) in [5.74, 6) is -1.32. The van der Waals surface area contributed by atoms with Crippen molar-refractivity contribution in [1.29, 1.82) is 5.26 Å². The molecule has 0 aliphatic heterocycles. The van der Waals surface area contributed by atoms with Crippen molar-refractivity contribution in [2.75, 3.05) is 17.2 Å². The number of halogens is 4. The molecule has 0 saturated carbocycles. The van der Waals surface area contributed by atoms with E-state index in [-0.39, 0.29) is 17.5 Å². The molecule has 0 unspecified atom stereocenters. The molecule has 3 aromatic carbocycles. The first kappa shape index (κ1) is 29.4. The predicted molar refractivity (Wildman–Crippen MR) is 165 cm³/mol. The summed E-state index contributed by atoms with van der Waals surface area (Å²) in [5, 5.41) is 26.5. The van der Waals surface area contributed by atoms with Gasteiger partial charge in [-0.3, -0.25) is 4.98 Å². The minimum Gasteiger partial charge on any atom is -0.383 e. The largest absolute Gasteiger partial charge is 0.383 e. The summed E-state index contributed by atoms with van der Waals surface area (Å²) in [6.45, 7) is 6.84. The third-order valence-electron chi connectivity index (χ3n) is 6.60. The molecule has 0 aliphatic rings. The molecule has 0 fully saturated rings. The Bertz CT molecular complexity index is 1790. The van der Waals surface area contributed by atoms with Gasteiger partial charge < -0.3 is 10.6 Å². The summed E-state index contributed by atoms with van der Waals surface area (Å²) < 4.78 is 30.8. The molecule has 7 nitrogen and oxygen atoms in total. The maximum Gasteiger partial charge on any atom is 0.131 e. The van der Waals surface area contributed by atoms with Gasteiger partial charge in [-0.1, -0.05) is 77.8 Å². The van der Waals surface area contributed by atoms with Gasteiger partial charge in [0.1, 0.15) is 23.4 Å². The molecule has 1 atom stereocenters. The van der Waals surface area contributed by atoms with E-state index in [1.165, 1.54) is 22.9 Å². The lowest BCUT2D eigenvalue weighted by Crippen LogP contribution is -2.20. The summed E-state index contributed by atoms with van der Waals surface area (Å²) in [4.78, 5) is 4.64. The van der Waals surface area contributed by atoms with Gasteiger partial charge in [-0.15, -0.1) is 5.10 Å². The lowest BCUT2D eigenvalue weighted by molar-refractivity contribution is 0.443. The molecule has 0 radical (unpaired) electrons. The summed E-state index contributed by atoms with van der Waals surface area (Å²) >= 11 is 10.3. The number of rotatable bonds is 8. The highest BCUT2D eigenvalue weighted by molar-refractivity contribution is 9.10. The molecule has 2 heterocycles. The smallest absolute Gasteiger partial charge is 0.131 e. The SMILES string of the molecule is CC(C)(C)CNc1c(C#N)cnc2c(N[C@H](c3cn(Cc4c(F)cccc4F)nn3)c3ccccc3Cl)cc(Br)cc12. The molecule has 11 heteroatoms. The highest BCUT2D eigenvalue weighted by atomic mass is 79.9. The Kier molecular flexibility index (Phi) is 8.43. The van der Waals surface area contributed by atoms with Crippen molar-refractivity contribution in [1.82, 2.24) is 20.0 Å². The lowest BCUT2D eigenvalue weighted by atomic mass is 9.96. The van der Waals surface area contributed by atoms with Crippen molar-refractivity contribution in [3.8, 4) is 6.07 Å². The van der Waals surface area contributed by atoms with Crippen LogP contribution in [0.3, 0.4) is 0 Å². The predicted octanol–water partition coefficient (Wildman–Crippen LogP) is 8.10. The van der Waals surface area contributed by atoms with Crippen molar-refractivity contribution in [3.63, 3.8) is 0 Å². The summed E-state index contributed by atoms with van der Waals surface area (Å²) in [6, 6.07) is 16.5. The van der Waals surface area contributed by atoms with Gasteiger partial charge in [-0.2, -0.15) is 5.26 Å². The van der Waals surface area contributed by atoms with E-state index >= 15 is 0 Å². The van der Waals surface area contributed by atoms with Crippen LogP contribution in [0.5, 0.6) is 0 Å². The molecule has 5 aromatic rings. The van der Waals surface area contributed by atoms with Gasteiger partial charge in [-0.05, 0) is 41.3 Å². The topological polar surface area (TPSA) is 91.5 Å². The standard InChI is InChI=1S/C31H27BrClF2N7/c1-31(2,3)17-38-28-18(13-36)14-37-29-21(28)11-19(32)12-26(29)39-30(20-7-4-5-8-23(20)33)27-16-42(41-40-27)15-22-24(34)9-6-10-25(22)35/h4-12,14,16,30,39H,15,17H2,1-3H3,(H,37,38)/t30-/m0/s1. The first-order valence-electron chi connectivity index (χ1n) is 13.1. The normalized spacial score (nSPS) is 12.2. The number of nitriles is 1. The minimum absolute atomic E-state index is 0.0258.